The van der Waals surface area contributed by atoms with Gasteiger partial charge in [0.25, 0.3) is 0 Å². The second kappa shape index (κ2) is 3.20. The molecule has 1 radical (unpaired) electrons. The first kappa shape index (κ1) is 6.23. The molecule has 0 saturated carbocycles. The Morgan fingerprint density at radius 3 is 2.44 bits per heavy atom. The first-order valence-electron chi connectivity index (χ1n) is 2.50. The molecular weight excluding hydrogens is 136 g/mol. The number of nitrogens with zero attached hydrogens (tertiary/aromatic N) is 2. The molecule has 0 amide bonds. The van der Waals surface area contributed by atoms with Gasteiger partial charge >= 0.3 is 16.4 Å². The molecule has 0 N–H and O–H groups in total. The third-order valence-corrected chi connectivity index (χ3v) is 0.985. The third kappa shape index (κ3) is 1.82. The molecule has 0 bridgehead atoms. The Hall–Kier alpha value is -0.890. The highest BCUT2D eigenvalue weighted by Crippen LogP contribution is 2.07. The van der Waals surface area contributed by atoms with Crippen LogP contribution in [0.5, 0.6) is 0 Å². The van der Waals surface area contributed by atoms with Crippen LogP contribution in [0.15, 0.2) is 35.4 Å². The van der Waals surface area contributed by atoms with Gasteiger partial charge in [-0.2, -0.15) is 0 Å². The average molecular weight is 141 g/mol. The van der Waals surface area contributed by atoms with Crippen LogP contribution >= 0.6 is 11.8 Å². The van der Waals surface area contributed by atoms with E-state index in [4.69, 9.17) is 11.8 Å². The summed E-state index contributed by atoms with van der Waals surface area (Å²) in [6.07, 6.45) is 0. The maximum Gasteiger partial charge on any atom is 0.382 e. The van der Waals surface area contributed by atoms with Crippen LogP contribution in [0, 0.1) is 0 Å². The fourth-order valence-corrected chi connectivity index (χ4v) is 0.626. The fraction of sp³-hybridized carbons (Fsp3) is 0. The first-order chi connectivity index (χ1) is 4.43. The molecule has 0 heterocycles. The van der Waals surface area contributed by atoms with Gasteiger partial charge in [0.2, 0.25) is 0 Å². The van der Waals surface area contributed by atoms with Gasteiger partial charge in [0.15, 0.2) is 0 Å². The fourth-order valence-electron chi connectivity index (χ4n) is 0.538. The molecule has 0 aliphatic heterocycles. The zero-order valence-corrected chi connectivity index (χ0v) is 5.42. The molecule has 0 unspecified atom stereocenters. The van der Waals surface area contributed by atoms with Gasteiger partial charge < -0.3 is 0 Å². The van der Waals surface area contributed by atoms with Crippen molar-refractivity contribution in [3.05, 3.63) is 30.3 Å². The molecule has 1 aromatic rings. The summed E-state index contributed by atoms with van der Waals surface area (Å²) in [5, 5.41) is 3.60. The Morgan fingerprint density at radius 1 is 1.22 bits per heavy atom. The normalized spacial score (nSPS) is 10.3. The van der Waals surface area contributed by atoms with Crippen LogP contribution in [0.2, 0.25) is 0 Å². The van der Waals surface area contributed by atoms with Crippen molar-refractivity contribution < 1.29 is 0 Å². The van der Waals surface area contributed by atoms with Crippen molar-refractivity contribution >= 4 is 17.5 Å². The molecule has 1 aromatic carbocycles. The van der Waals surface area contributed by atoms with Gasteiger partial charge in [0, 0.05) is 0 Å². The predicted octanol–water partition coefficient (Wildman–Crippen LogP) is 2.26. The van der Waals surface area contributed by atoms with E-state index in [2.05, 4.69) is 9.75 Å². The van der Waals surface area contributed by atoms with Gasteiger partial charge in [-0.15, -0.1) is 0 Å². The number of benzene rings is 1. The van der Waals surface area contributed by atoms with Crippen molar-refractivity contribution in [3.63, 3.8) is 0 Å². The Kier molecular flexibility index (Phi) is 2.22. The lowest BCUT2D eigenvalue weighted by Gasteiger charge is -1.78. The van der Waals surface area contributed by atoms with Crippen LogP contribution in [-0.2, 0) is 0 Å². The highest BCUT2D eigenvalue weighted by molar-refractivity contribution is 6.12. The Balaban J connectivity index is 2.85. The second-order valence-corrected chi connectivity index (χ2v) is 1.66. The summed E-state index contributed by atoms with van der Waals surface area (Å²) < 4.78 is 3.10. The lowest BCUT2D eigenvalue weighted by molar-refractivity contribution is 1.22. The quantitative estimate of drug-likeness (QED) is 0.535. The van der Waals surface area contributed by atoms with Crippen LogP contribution < -0.4 is 4.63 Å². The molecule has 0 fully saturated rings. The lowest BCUT2D eigenvalue weighted by Crippen LogP contribution is -1.62. The van der Waals surface area contributed by atoms with E-state index >= 15 is 0 Å². The van der Waals surface area contributed by atoms with Gasteiger partial charge in [-0.25, -0.2) is 0 Å². The van der Waals surface area contributed by atoms with E-state index in [0.717, 1.165) is 5.69 Å². The molecule has 3 heteroatoms. The van der Waals surface area contributed by atoms with E-state index in [1.54, 1.807) is 0 Å². The number of hydrogen-bond acceptors (Lipinski definition) is 2. The van der Waals surface area contributed by atoms with E-state index in [9.17, 15) is 0 Å². The van der Waals surface area contributed by atoms with Crippen molar-refractivity contribution in [2.75, 3.05) is 0 Å². The molecule has 0 aliphatic rings. The smallest absolute Gasteiger partial charge is 0.0621 e. The van der Waals surface area contributed by atoms with Crippen molar-refractivity contribution in [2.45, 2.75) is 0 Å². The minimum atomic E-state index is 0.771. The minimum Gasteiger partial charge on any atom is -0.0621 e. The molecule has 45 valence electrons. The van der Waals surface area contributed by atoms with Gasteiger partial charge in [-0.1, -0.05) is 18.2 Å². The van der Waals surface area contributed by atoms with Crippen molar-refractivity contribution in [1.29, 1.82) is 0 Å². The summed E-state index contributed by atoms with van der Waals surface area (Å²) in [5.41, 5.74) is 0.771. The van der Waals surface area contributed by atoms with Crippen LogP contribution in [-0.4, -0.2) is 0 Å². The monoisotopic (exact) mass is 140 g/mol. The summed E-state index contributed by atoms with van der Waals surface area (Å²) >= 11 is 4.99. The van der Waals surface area contributed by atoms with Crippen LogP contribution in [0.3, 0.4) is 0 Å². The largest absolute Gasteiger partial charge is 0.382 e. The predicted molar refractivity (Wildman–Crippen MR) is 36.5 cm³/mol. The van der Waals surface area contributed by atoms with E-state index in [0.29, 0.717) is 0 Å². The summed E-state index contributed by atoms with van der Waals surface area (Å²) in [6, 6.07) is 9.31. The molecule has 0 aliphatic carbocycles. The van der Waals surface area contributed by atoms with Crippen molar-refractivity contribution in [2.24, 2.45) is 5.11 Å². The summed E-state index contributed by atoms with van der Waals surface area (Å²) in [7, 11) is 0. The molecule has 0 atom stereocenters. The Labute approximate surface area is 58.3 Å². The maximum absolute atomic E-state index is 4.99. The molecular formula is C6H5ClN2+. The van der Waals surface area contributed by atoms with Crippen LogP contribution in [0.1, 0.15) is 0 Å². The van der Waals surface area contributed by atoms with Crippen molar-refractivity contribution in [1.82, 2.24) is 4.63 Å². The topological polar surface area (TPSA) is 26.5 Å². The van der Waals surface area contributed by atoms with E-state index in [-0.39, 0.29) is 0 Å². The zero-order chi connectivity index (χ0) is 6.53. The molecule has 0 aromatic heterocycles. The van der Waals surface area contributed by atoms with E-state index < -0.39 is 0 Å². The highest BCUT2D eigenvalue weighted by Gasteiger charge is 1.90. The number of halogens is 1. The lowest BCUT2D eigenvalue weighted by atomic mass is 10.3. The molecule has 0 spiro atoms. The van der Waals surface area contributed by atoms with Crippen LogP contribution in [0.4, 0.5) is 5.69 Å². The van der Waals surface area contributed by atoms with E-state index in [1.165, 1.54) is 0 Å². The van der Waals surface area contributed by atoms with Gasteiger partial charge in [0.05, 0.1) is 5.11 Å². The maximum atomic E-state index is 4.99. The number of rotatable bonds is 1. The van der Waals surface area contributed by atoms with E-state index in [1.807, 2.05) is 30.3 Å². The van der Waals surface area contributed by atoms with Gasteiger partial charge in [-0.05, 0) is 12.1 Å². The van der Waals surface area contributed by atoms with Gasteiger partial charge in [-0.3, -0.25) is 0 Å². The average Bonchev–Trinajstić information content (AvgIpc) is 1.91. The Morgan fingerprint density at radius 2 is 1.89 bits per heavy atom. The molecule has 2 nitrogen and oxygen atoms in total. The standard InChI is InChI=1S/C6H5ClN2/c7-9-8-6-4-2-1-3-5-6/h1-5H/q+1. The van der Waals surface area contributed by atoms with Crippen molar-refractivity contribution in [3.8, 4) is 0 Å². The van der Waals surface area contributed by atoms with Gasteiger partial charge in [0.1, 0.15) is 5.69 Å². The molecule has 1 rings (SSSR count). The SMILES string of the molecule is Cl[N+]=Nc1ccccc1. The summed E-state index contributed by atoms with van der Waals surface area (Å²) in [6.45, 7) is 0. The first-order valence-corrected chi connectivity index (χ1v) is 2.84. The Bertz CT molecular complexity index is 195. The zero-order valence-electron chi connectivity index (χ0n) is 4.66. The number of hydrogen-bond donors (Lipinski definition) is 0. The molecule has 9 heavy (non-hydrogen) atoms. The second-order valence-electron chi connectivity index (χ2n) is 1.51. The van der Waals surface area contributed by atoms with Crippen LogP contribution in [0.25, 0.3) is 0 Å². The summed E-state index contributed by atoms with van der Waals surface area (Å²) in [5.74, 6) is 0. The highest BCUT2D eigenvalue weighted by atomic mass is 35.5. The molecule has 0 saturated heterocycles. The third-order valence-electron chi connectivity index (χ3n) is 0.909. The minimum absolute atomic E-state index is 0.771. The summed E-state index contributed by atoms with van der Waals surface area (Å²) in [4.78, 5) is 0.